The summed E-state index contributed by atoms with van der Waals surface area (Å²) in [7, 11) is 0. The minimum atomic E-state index is -0.436. The molecule has 23 heavy (non-hydrogen) atoms. The first kappa shape index (κ1) is 17.2. The minimum absolute atomic E-state index is 0.0322. The van der Waals surface area contributed by atoms with Gasteiger partial charge in [0, 0.05) is 12.0 Å². The first-order chi connectivity index (χ1) is 11.1. The molecule has 2 unspecified atom stereocenters. The molecule has 2 atom stereocenters. The molecule has 0 aromatic heterocycles. The summed E-state index contributed by atoms with van der Waals surface area (Å²) in [5.74, 6) is 0.0337. The lowest BCUT2D eigenvalue weighted by atomic mass is 9.85. The van der Waals surface area contributed by atoms with E-state index in [1.807, 2.05) is 50.2 Å². The van der Waals surface area contributed by atoms with Gasteiger partial charge in [-0.2, -0.15) is 0 Å². The van der Waals surface area contributed by atoms with Crippen molar-refractivity contribution in [2.24, 2.45) is 5.73 Å². The molecule has 0 heterocycles. The van der Waals surface area contributed by atoms with Crippen LogP contribution in [0.5, 0.6) is 0 Å². The summed E-state index contributed by atoms with van der Waals surface area (Å²) in [5.41, 5.74) is 8.32. The highest BCUT2D eigenvalue weighted by Crippen LogP contribution is 2.27. The topological polar surface area (TPSA) is 55.1 Å². The lowest BCUT2D eigenvalue weighted by molar-refractivity contribution is -0.123. The molecule has 2 aromatic rings. The molecule has 2 rings (SSSR count). The largest absolute Gasteiger partial charge is 0.351 e. The summed E-state index contributed by atoms with van der Waals surface area (Å²) in [6.45, 7) is 4.08. The van der Waals surface area contributed by atoms with Gasteiger partial charge in [-0.05, 0) is 24.5 Å². The van der Waals surface area contributed by atoms with Gasteiger partial charge >= 0.3 is 0 Å². The van der Waals surface area contributed by atoms with Gasteiger partial charge in [-0.25, -0.2) is 0 Å². The van der Waals surface area contributed by atoms with Gasteiger partial charge in [0.1, 0.15) is 0 Å². The van der Waals surface area contributed by atoms with E-state index in [-0.39, 0.29) is 17.9 Å². The van der Waals surface area contributed by atoms with Crippen LogP contribution >= 0.6 is 0 Å². The molecule has 0 fully saturated rings. The fourth-order valence-corrected chi connectivity index (χ4v) is 2.95. The second kappa shape index (κ2) is 8.49. The lowest BCUT2D eigenvalue weighted by Gasteiger charge is -2.27. The molecule has 0 aliphatic heterocycles. The summed E-state index contributed by atoms with van der Waals surface area (Å²) in [6.07, 6.45) is 1.61. The van der Waals surface area contributed by atoms with Crippen molar-refractivity contribution < 1.29 is 4.79 Å². The van der Waals surface area contributed by atoms with Crippen molar-refractivity contribution in [1.82, 2.24) is 5.32 Å². The smallest absolute Gasteiger partial charge is 0.237 e. The number of hydrogen-bond donors (Lipinski definition) is 2. The number of rotatable bonds is 7. The van der Waals surface area contributed by atoms with Crippen LogP contribution in [0.4, 0.5) is 0 Å². The lowest BCUT2D eigenvalue weighted by Crippen LogP contribution is -2.46. The Morgan fingerprint density at radius 3 is 1.91 bits per heavy atom. The fraction of sp³-hybridized carbons (Fsp3) is 0.350. The fourth-order valence-electron chi connectivity index (χ4n) is 2.95. The van der Waals surface area contributed by atoms with Gasteiger partial charge in [-0.15, -0.1) is 0 Å². The van der Waals surface area contributed by atoms with Crippen LogP contribution in [-0.2, 0) is 4.79 Å². The molecule has 3 N–H and O–H groups in total. The van der Waals surface area contributed by atoms with Crippen molar-refractivity contribution in [1.29, 1.82) is 0 Å². The van der Waals surface area contributed by atoms with Crippen LogP contribution in [0.2, 0.25) is 0 Å². The molecule has 3 heteroatoms. The molecule has 3 nitrogen and oxygen atoms in total. The molecule has 2 aromatic carbocycles. The van der Waals surface area contributed by atoms with Crippen molar-refractivity contribution in [3.05, 3.63) is 71.8 Å². The van der Waals surface area contributed by atoms with E-state index in [1.165, 1.54) is 11.1 Å². The Bertz CT molecular complexity index is 558. The predicted octanol–water partition coefficient (Wildman–Crippen LogP) is 3.45. The Hall–Kier alpha value is -2.13. The summed E-state index contributed by atoms with van der Waals surface area (Å²) in [4.78, 5) is 12.3. The van der Waals surface area contributed by atoms with E-state index in [4.69, 9.17) is 5.73 Å². The first-order valence-corrected chi connectivity index (χ1v) is 8.29. The maximum Gasteiger partial charge on any atom is 0.237 e. The Morgan fingerprint density at radius 1 is 1.00 bits per heavy atom. The maximum atomic E-state index is 12.3. The second-order valence-corrected chi connectivity index (χ2v) is 5.99. The van der Waals surface area contributed by atoms with E-state index in [1.54, 1.807) is 0 Å². The van der Waals surface area contributed by atoms with E-state index in [0.717, 1.165) is 6.42 Å². The molecule has 0 spiro atoms. The molecule has 0 bridgehead atoms. The van der Waals surface area contributed by atoms with Crippen molar-refractivity contribution in [2.45, 2.75) is 44.7 Å². The first-order valence-electron chi connectivity index (χ1n) is 8.29. The Morgan fingerprint density at radius 2 is 1.48 bits per heavy atom. The molecule has 0 aliphatic carbocycles. The van der Waals surface area contributed by atoms with E-state index in [0.29, 0.717) is 6.42 Å². The quantitative estimate of drug-likeness (QED) is 0.823. The molecular formula is C20H26N2O. The average Bonchev–Trinajstić information content (AvgIpc) is 2.57. The highest BCUT2D eigenvalue weighted by atomic mass is 16.2. The number of carbonyl (C=O) groups excluding carboxylic acids is 1. The van der Waals surface area contributed by atoms with Gasteiger partial charge in [0.2, 0.25) is 5.91 Å². The van der Waals surface area contributed by atoms with Gasteiger partial charge in [-0.1, -0.05) is 74.0 Å². The van der Waals surface area contributed by atoms with Gasteiger partial charge in [0.05, 0.1) is 6.04 Å². The number of nitrogens with two attached hydrogens (primary N) is 1. The summed E-state index contributed by atoms with van der Waals surface area (Å²) >= 11 is 0. The summed E-state index contributed by atoms with van der Waals surface area (Å²) < 4.78 is 0. The number of carbonyl (C=O) groups is 1. The van der Waals surface area contributed by atoms with Crippen LogP contribution in [-0.4, -0.2) is 18.0 Å². The zero-order valence-electron chi connectivity index (χ0n) is 13.9. The van der Waals surface area contributed by atoms with Crippen molar-refractivity contribution in [2.75, 3.05) is 0 Å². The molecule has 0 radical (unpaired) electrons. The summed E-state index contributed by atoms with van der Waals surface area (Å²) in [5, 5.41) is 3.10. The monoisotopic (exact) mass is 310 g/mol. The Balaban J connectivity index is 2.22. The predicted molar refractivity (Wildman–Crippen MR) is 95.2 cm³/mol. The maximum absolute atomic E-state index is 12.3. The van der Waals surface area contributed by atoms with Gasteiger partial charge in [0.25, 0.3) is 0 Å². The van der Waals surface area contributed by atoms with Crippen LogP contribution in [0.25, 0.3) is 0 Å². The summed E-state index contributed by atoms with van der Waals surface area (Å²) in [6, 6.07) is 20.1. The van der Waals surface area contributed by atoms with Crippen LogP contribution in [0.15, 0.2) is 60.7 Å². The molecule has 0 saturated carbocycles. The number of nitrogens with one attached hydrogen (secondary N) is 1. The van der Waals surface area contributed by atoms with Gasteiger partial charge < -0.3 is 11.1 Å². The van der Waals surface area contributed by atoms with E-state index >= 15 is 0 Å². The van der Waals surface area contributed by atoms with Crippen molar-refractivity contribution in [3.63, 3.8) is 0 Å². The average molecular weight is 310 g/mol. The van der Waals surface area contributed by atoms with Crippen molar-refractivity contribution in [3.8, 4) is 0 Å². The number of hydrogen-bond acceptors (Lipinski definition) is 2. The standard InChI is InChI=1S/C20H26N2O/c1-3-10-18(21)20(23)22-15(2)19(16-11-6-4-7-12-16)17-13-8-5-9-14-17/h4-9,11-15,18-19H,3,10,21H2,1-2H3,(H,22,23). The van der Waals surface area contributed by atoms with Crippen LogP contribution in [0.1, 0.15) is 43.7 Å². The molecule has 122 valence electrons. The van der Waals surface area contributed by atoms with Crippen molar-refractivity contribution >= 4 is 5.91 Å². The van der Waals surface area contributed by atoms with Crippen LogP contribution in [0.3, 0.4) is 0 Å². The molecule has 0 saturated heterocycles. The van der Waals surface area contributed by atoms with Gasteiger partial charge in [-0.3, -0.25) is 4.79 Å². The number of amides is 1. The normalized spacial score (nSPS) is 13.6. The second-order valence-electron chi connectivity index (χ2n) is 5.99. The van der Waals surface area contributed by atoms with Crippen LogP contribution < -0.4 is 11.1 Å². The van der Waals surface area contributed by atoms with Gasteiger partial charge in [0.15, 0.2) is 0 Å². The third kappa shape index (κ3) is 4.67. The molecular weight excluding hydrogens is 284 g/mol. The van der Waals surface area contributed by atoms with E-state index in [9.17, 15) is 4.79 Å². The Kier molecular flexibility index (Phi) is 6.36. The molecule has 0 aliphatic rings. The third-order valence-corrected chi connectivity index (χ3v) is 4.12. The van der Waals surface area contributed by atoms with E-state index in [2.05, 4.69) is 29.6 Å². The van der Waals surface area contributed by atoms with Crippen LogP contribution in [0, 0.1) is 0 Å². The zero-order valence-corrected chi connectivity index (χ0v) is 13.9. The van der Waals surface area contributed by atoms with E-state index < -0.39 is 6.04 Å². The minimum Gasteiger partial charge on any atom is -0.351 e. The highest BCUT2D eigenvalue weighted by Gasteiger charge is 2.24. The number of benzene rings is 2. The molecule has 1 amide bonds. The zero-order chi connectivity index (χ0) is 16.7. The highest BCUT2D eigenvalue weighted by molar-refractivity contribution is 5.81. The SMILES string of the molecule is CCCC(N)C(=O)NC(C)C(c1ccccc1)c1ccccc1. The Labute approximate surface area is 138 Å². The third-order valence-electron chi connectivity index (χ3n) is 4.12.